The highest BCUT2D eigenvalue weighted by molar-refractivity contribution is 6.04. The van der Waals surface area contributed by atoms with E-state index in [4.69, 9.17) is 0 Å². The molecule has 3 rings (SSSR count). The fraction of sp³-hybridized carbons (Fsp3) is 0.353. The number of fused-ring (bicyclic) bond motifs is 1. The summed E-state index contributed by atoms with van der Waals surface area (Å²) in [5, 5.41) is 3.96. The molecule has 1 aromatic carbocycles. The van der Waals surface area contributed by atoms with Crippen molar-refractivity contribution in [1.82, 2.24) is 14.8 Å². The number of likely N-dealkylation sites (tertiary alicyclic amines) is 1. The van der Waals surface area contributed by atoms with E-state index >= 15 is 0 Å². The lowest BCUT2D eigenvalue weighted by Crippen LogP contribution is -2.40. The van der Waals surface area contributed by atoms with E-state index in [1.807, 2.05) is 18.3 Å². The van der Waals surface area contributed by atoms with Gasteiger partial charge in [-0.1, -0.05) is 18.2 Å². The number of benzene rings is 1. The monoisotopic (exact) mass is 313 g/mol. The minimum Gasteiger partial charge on any atom is -0.354 e. The first kappa shape index (κ1) is 15.3. The standard InChI is InChI=1S/C17H19N3O3/c21-15(12-20-16(22)6-7-17(20)23)18-9-3-10-19-11-8-13-4-1-2-5-14(13)19/h1-2,4-5,8,11H,3,6-7,9-10,12H2,(H,18,21). The molecule has 1 aliphatic heterocycles. The van der Waals surface area contributed by atoms with E-state index in [2.05, 4.69) is 28.1 Å². The minimum atomic E-state index is -0.286. The number of para-hydroxylation sites is 1. The van der Waals surface area contributed by atoms with Gasteiger partial charge in [-0.2, -0.15) is 0 Å². The Bertz CT molecular complexity index is 734. The third kappa shape index (κ3) is 3.41. The molecule has 0 radical (unpaired) electrons. The van der Waals surface area contributed by atoms with Crippen LogP contribution in [0.15, 0.2) is 36.5 Å². The largest absolute Gasteiger partial charge is 0.354 e. The van der Waals surface area contributed by atoms with Crippen LogP contribution in [0.25, 0.3) is 10.9 Å². The first-order valence-corrected chi connectivity index (χ1v) is 7.79. The third-order valence-corrected chi connectivity index (χ3v) is 4.03. The van der Waals surface area contributed by atoms with E-state index in [-0.39, 0.29) is 37.1 Å². The molecular formula is C17H19N3O3. The van der Waals surface area contributed by atoms with Gasteiger partial charge in [0, 0.05) is 37.6 Å². The lowest BCUT2D eigenvalue weighted by atomic mass is 10.2. The molecule has 1 aromatic heterocycles. The predicted molar refractivity (Wildman–Crippen MR) is 85.5 cm³/mol. The Hall–Kier alpha value is -2.63. The first-order valence-electron chi connectivity index (χ1n) is 7.79. The number of hydrogen-bond donors (Lipinski definition) is 1. The molecule has 0 spiro atoms. The summed E-state index contributed by atoms with van der Waals surface area (Å²) in [5.74, 6) is -0.807. The Morgan fingerprint density at radius 2 is 1.83 bits per heavy atom. The van der Waals surface area contributed by atoms with Crippen molar-refractivity contribution in [2.75, 3.05) is 13.1 Å². The molecule has 120 valence electrons. The van der Waals surface area contributed by atoms with Crippen molar-refractivity contribution in [2.45, 2.75) is 25.8 Å². The highest BCUT2D eigenvalue weighted by Gasteiger charge is 2.30. The van der Waals surface area contributed by atoms with E-state index in [0.717, 1.165) is 17.9 Å². The molecule has 1 fully saturated rings. The zero-order valence-corrected chi connectivity index (χ0v) is 12.8. The predicted octanol–water partition coefficient (Wildman–Crippen LogP) is 1.30. The number of aromatic nitrogens is 1. The quantitative estimate of drug-likeness (QED) is 0.645. The minimum absolute atomic E-state index is 0.163. The number of nitrogens with zero attached hydrogens (tertiary/aromatic N) is 2. The van der Waals surface area contributed by atoms with Gasteiger partial charge >= 0.3 is 0 Å². The fourth-order valence-electron chi connectivity index (χ4n) is 2.81. The van der Waals surface area contributed by atoms with Crippen molar-refractivity contribution >= 4 is 28.6 Å². The molecule has 2 aromatic rings. The van der Waals surface area contributed by atoms with Crippen LogP contribution < -0.4 is 5.32 Å². The van der Waals surface area contributed by atoms with Crippen LogP contribution in [0.3, 0.4) is 0 Å². The normalized spacial score (nSPS) is 14.7. The summed E-state index contributed by atoms with van der Waals surface area (Å²) in [5.41, 5.74) is 1.17. The van der Waals surface area contributed by atoms with E-state index in [1.165, 1.54) is 10.9 Å². The van der Waals surface area contributed by atoms with Crippen LogP contribution in [0.5, 0.6) is 0 Å². The highest BCUT2D eigenvalue weighted by atomic mass is 16.2. The Kier molecular flexibility index (Phi) is 4.41. The van der Waals surface area contributed by atoms with Crippen LogP contribution in [-0.2, 0) is 20.9 Å². The number of carbonyl (C=O) groups excluding carboxylic acids is 3. The maximum Gasteiger partial charge on any atom is 0.240 e. The summed E-state index contributed by atoms with van der Waals surface area (Å²) in [7, 11) is 0. The lowest BCUT2D eigenvalue weighted by Gasteiger charge is -2.13. The molecule has 1 saturated heterocycles. The van der Waals surface area contributed by atoms with Crippen LogP contribution >= 0.6 is 0 Å². The van der Waals surface area contributed by atoms with E-state index in [1.54, 1.807) is 0 Å². The third-order valence-electron chi connectivity index (χ3n) is 4.03. The van der Waals surface area contributed by atoms with Gasteiger partial charge in [0.25, 0.3) is 0 Å². The number of aryl methyl sites for hydroxylation is 1. The number of nitrogens with one attached hydrogen (secondary N) is 1. The average Bonchev–Trinajstić information content (AvgIpc) is 3.10. The van der Waals surface area contributed by atoms with Gasteiger partial charge < -0.3 is 9.88 Å². The number of imide groups is 1. The van der Waals surface area contributed by atoms with Crippen molar-refractivity contribution in [1.29, 1.82) is 0 Å². The average molecular weight is 313 g/mol. The van der Waals surface area contributed by atoms with Gasteiger partial charge in [-0.3, -0.25) is 19.3 Å². The molecule has 0 atom stereocenters. The number of rotatable bonds is 6. The molecule has 1 aliphatic rings. The van der Waals surface area contributed by atoms with Crippen LogP contribution in [0, 0.1) is 0 Å². The van der Waals surface area contributed by atoms with Crippen molar-refractivity contribution in [3.05, 3.63) is 36.5 Å². The Morgan fingerprint density at radius 1 is 1.09 bits per heavy atom. The Labute approximate surface area is 134 Å². The van der Waals surface area contributed by atoms with Gasteiger partial charge in [0.1, 0.15) is 6.54 Å². The van der Waals surface area contributed by atoms with Gasteiger partial charge in [0.2, 0.25) is 17.7 Å². The smallest absolute Gasteiger partial charge is 0.240 e. The van der Waals surface area contributed by atoms with Crippen molar-refractivity contribution < 1.29 is 14.4 Å². The van der Waals surface area contributed by atoms with Crippen molar-refractivity contribution in [2.24, 2.45) is 0 Å². The maximum absolute atomic E-state index is 11.8. The van der Waals surface area contributed by atoms with Crippen LogP contribution in [-0.4, -0.2) is 40.3 Å². The SMILES string of the molecule is O=C(CN1C(=O)CCC1=O)NCCCn1ccc2ccccc21. The summed E-state index contributed by atoms with van der Waals surface area (Å²) in [6.07, 6.45) is 3.25. The number of hydrogen-bond acceptors (Lipinski definition) is 3. The van der Waals surface area contributed by atoms with Gasteiger partial charge in [-0.25, -0.2) is 0 Å². The van der Waals surface area contributed by atoms with Gasteiger partial charge in [0.05, 0.1) is 0 Å². The second-order valence-electron chi connectivity index (χ2n) is 5.65. The van der Waals surface area contributed by atoms with Gasteiger partial charge in [0.15, 0.2) is 0 Å². The highest BCUT2D eigenvalue weighted by Crippen LogP contribution is 2.15. The topological polar surface area (TPSA) is 71.4 Å². The van der Waals surface area contributed by atoms with E-state index in [0.29, 0.717) is 6.54 Å². The number of carbonyl (C=O) groups is 3. The van der Waals surface area contributed by atoms with E-state index in [9.17, 15) is 14.4 Å². The Morgan fingerprint density at radius 3 is 2.61 bits per heavy atom. The summed E-state index contributed by atoms with van der Waals surface area (Å²) in [4.78, 5) is 35.7. The molecular weight excluding hydrogens is 294 g/mol. The molecule has 6 heteroatoms. The number of amides is 3. The first-order chi connectivity index (χ1) is 11.1. The molecule has 6 nitrogen and oxygen atoms in total. The molecule has 3 amide bonds. The zero-order valence-electron chi connectivity index (χ0n) is 12.8. The molecule has 0 aliphatic carbocycles. The molecule has 23 heavy (non-hydrogen) atoms. The maximum atomic E-state index is 11.8. The lowest BCUT2D eigenvalue weighted by molar-refractivity contribution is -0.142. The van der Waals surface area contributed by atoms with Gasteiger partial charge in [-0.15, -0.1) is 0 Å². The molecule has 0 unspecified atom stereocenters. The van der Waals surface area contributed by atoms with Crippen LogP contribution in [0.2, 0.25) is 0 Å². The van der Waals surface area contributed by atoms with Crippen LogP contribution in [0.4, 0.5) is 0 Å². The second kappa shape index (κ2) is 6.64. The summed E-state index contributed by atoms with van der Waals surface area (Å²) < 4.78 is 2.15. The summed E-state index contributed by atoms with van der Waals surface area (Å²) in [6.45, 7) is 1.15. The molecule has 2 heterocycles. The molecule has 0 saturated carbocycles. The Balaban J connectivity index is 1.44. The fourth-order valence-corrected chi connectivity index (χ4v) is 2.81. The van der Waals surface area contributed by atoms with Crippen LogP contribution in [0.1, 0.15) is 19.3 Å². The molecule has 0 bridgehead atoms. The summed E-state index contributed by atoms with van der Waals surface area (Å²) >= 11 is 0. The second-order valence-corrected chi connectivity index (χ2v) is 5.65. The van der Waals surface area contributed by atoms with Gasteiger partial charge in [-0.05, 0) is 23.9 Å². The zero-order chi connectivity index (χ0) is 16.2. The molecule has 1 N–H and O–H groups in total. The van der Waals surface area contributed by atoms with E-state index < -0.39 is 0 Å². The van der Waals surface area contributed by atoms with Crippen molar-refractivity contribution in [3.8, 4) is 0 Å². The van der Waals surface area contributed by atoms with Crippen molar-refractivity contribution in [3.63, 3.8) is 0 Å². The summed E-state index contributed by atoms with van der Waals surface area (Å²) in [6, 6.07) is 10.2.